The van der Waals surface area contributed by atoms with Crippen molar-refractivity contribution in [2.75, 3.05) is 6.54 Å². The first kappa shape index (κ1) is 22.0. The summed E-state index contributed by atoms with van der Waals surface area (Å²) in [6.45, 7) is 10.6. The SMILES string of the molecule is CC[C@H](NC(C)=O)[C@@H](O)CN[C@H]1CC2(CCC2)Oc2ncc(CC(C)(C)C)cc21. The van der Waals surface area contributed by atoms with Gasteiger partial charge >= 0.3 is 0 Å². The number of rotatable bonds is 7. The Morgan fingerprint density at radius 3 is 2.69 bits per heavy atom. The van der Waals surface area contributed by atoms with Crippen LogP contribution >= 0.6 is 0 Å². The van der Waals surface area contributed by atoms with E-state index >= 15 is 0 Å². The number of aromatic nitrogens is 1. The van der Waals surface area contributed by atoms with E-state index in [9.17, 15) is 9.90 Å². The lowest BCUT2D eigenvalue weighted by atomic mass is 9.73. The number of carbonyl (C=O) groups is 1. The van der Waals surface area contributed by atoms with E-state index in [1.165, 1.54) is 18.9 Å². The highest BCUT2D eigenvalue weighted by Gasteiger charge is 2.46. The number of aliphatic hydroxyl groups excluding tert-OH is 1. The minimum atomic E-state index is -0.641. The lowest BCUT2D eigenvalue weighted by molar-refractivity contribution is -0.120. The largest absolute Gasteiger partial charge is 0.471 e. The molecule has 1 spiro atoms. The fourth-order valence-electron chi connectivity index (χ4n) is 4.48. The molecule has 0 aromatic carbocycles. The Labute approximate surface area is 174 Å². The summed E-state index contributed by atoms with van der Waals surface area (Å²) in [6, 6.07) is 2.06. The van der Waals surface area contributed by atoms with Crippen LogP contribution in [-0.4, -0.2) is 40.3 Å². The molecule has 162 valence electrons. The van der Waals surface area contributed by atoms with Gasteiger partial charge in [0.05, 0.1) is 12.1 Å². The summed E-state index contributed by atoms with van der Waals surface area (Å²) < 4.78 is 6.33. The van der Waals surface area contributed by atoms with Gasteiger partial charge in [0.2, 0.25) is 11.8 Å². The molecule has 1 saturated carbocycles. The van der Waals surface area contributed by atoms with Crippen molar-refractivity contribution in [1.29, 1.82) is 0 Å². The number of fused-ring (bicyclic) bond motifs is 1. The number of hydrogen-bond acceptors (Lipinski definition) is 5. The van der Waals surface area contributed by atoms with Gasteiger partial charge in [0, 0.05) is 37.7 Å². The molecule has 0 saturated heterocycles. The van der Waals surface area contributed by atoms with Gasteiger partial charge in [-0.3, -0.25) is 4.79 Å². The van der Waals surface area contributed by atoms with Gasteiger partial charge in [0.1, 0.15) is 5.60 Å². The third-order valence-corrected chi connectivity index (χ3v) is 6.07. The van der Waals surface area contributed by atoms with Gasteiger partial charge in [-0.1, -0.05) is 27.7 Å². The molecule has 1 aliphatic heterocycles. The summed E-state index contributed by atoms with van der Waals surface area (Å²) in [5.41, 5.74) is 2.37. The molecule has 1 amide bonds. The molecule has 0 radical (unpaired) electrons. The van der Waals surface area contributed by atoms with Crippen LogP contribution in [0.15, 0.2) is 12.3 Å². The summed E-state index contributed by atoms with van der Waals surface area (Å²) in [7, 11) is 0. The molecular formula is C23H37N3O3. The van der Waals surface area contributed by atoms with Gasteiger partial charge in [0.25, 0.3) is 0 Å². The van der Waals surface area contributed by atoms with E-state index in [4.69, 9.17) is 4.74 Å². The van der Waals surface area contributed by atoms with E-state index < -0.39 is 6.10 Å². The van der Waals surface area contributed by atoms with Crippen LogP contribution in [0, 0.1) is 5.41 Å². The van der Waals surface area contributed by atoms with Crippen LogP contribution in [0.4, 0.5) is 0 Å². The predicted molar refractivity (Wildman–Crippen MR) is 114 cm³/mol. The van der Waals surface area contributed by atoms with Crippen LogP contribution in [0.2, 0.25) is 0 Å². The fourth-order valence-corrected chi connectivity index (χ4v) is 4.48. The molecule has 1 aliphatic carbocycles. The second-order valence-corrected chi connectivity index (χ2v) is 10.1. The fraction of sp³-hybridized carbons (Fsp3) is 0.739. The third-order valence-electron chi connectivity index (χ3n) is 6.07. The van der Waals surface area contributed by atoms with Crippen molar-refractivity contribution >= 4 is 5.91 Å². The van der Waals surface area contributed by atoms with Crippen LogP contribution < -0.4 is 15.4 Å². The van der Waals surface area contributed by atoms with Gasteiger partial charge in [-0.2, -0.15) is 0 Å². The van der Waals surface area contributed by atoms with Crippen LogP contribution in [0.1, 0.15) is 83.9 Å². The second-order valence-electron chi connectivity index (χ2n) is 10.1. The van der Waals surface area contributed by atoms with E-state index in [2.05, 4.69) is 42.5 Å². The molecule has 29 heavy (non-hydrogen) atoms. The highest BCUT2D eigenvalue weighted by Crippen LogP contribution is 2.48. The second kappa shape index (κ2) is 8.60. The average molecular weight is 404 g/mol. The minimum Gasteiger partial charge on any atom is -0.471 e. The third kappa shape index (κ3) is 5.48. The minimum absolute atomic E-state index is 0.0935. The molecule has 1 aromatic heterocycles. The van der Waals surface area contributed by atoms with Crippen molar-refractivity contribution in [2.24, 2.45) is 5.41 Å². The van der Waals surface area contributed by atoms with E-state index in [-0.39, 0.29) is 29.0 Å². The van der Waals surface area contributed by atoms with E-state index in [0.29, 0.717) is 13.0 Å². The lowest BCUT2D eigenvalue weighted by Crippen LogP contribution is -2.51. The van der Waals surface area contributed by atoms with Crippen molar-refractivity contribution in [3.63, 3.8) is 0 Å². The lowest BCUT2D eigenvalue weighted by Gasteiger charge is -2.47. The Hall–Kier alpha value is -1.66. The summed E-state index contributed by atoms with van der Waals surface area (Å²) >= 11 is 0. The smallest absolute Gasteiger partial charge is 0.218 e. The first-order valence-electron chi connectivity index (χ1n) is 11.0. The maximum atomic E-state index is 11.4. The number of ether oxygens (including phenoxy) is 1. The first-order chi connectivity index (χ1) is 13.6. The maximum absolute atomic E-state index is 11.4. The zero-order chi connectivity index (χ0) is 21.2. The predicted octanol–water partition coefficient (Wildman–Crippen LogP) is 3.28. The monoisotopic (exact) mass is 403 g/mol. The molecule has 6 heteroatoms. The average Bonchev–Trinajstić information content (AvgIpc) is 2.61. The highest BCUT2D eigenvalue weighted by atomic mass is 16.5. The number of hydrogen-bond donors (Lipinski definition) is 3. The molecule has 0 unspecified atom stereocenters. The molecule has 3 N–H and O–H groups in total. The van der Waals surface area contributed by atoms with Crippen molar-refractivity contribution in [3.8, 4) is 5.88 Å². The summed E-state index contributed by atoms with van der Waals surface area (Å²) in [4.78, 5) is 16.1. The van der Waals surface area contributed by atoms with Crippen molar-refractivity contribution < 1.29 is 14.6 Å². The Morgan fingerprint density at radius 1 is 1.41 bits per heavy atom. The molecule has 3 rings (SSSR count). The number of aliphatic hydroxyl groups is 1. The van der Waals surface area contributed by atoms with Crippen molar-refractivity contribution in [3.05, 3.63) is 23.4 Å². The van der Waals surface area contributed by atoms with Gasteiger partial charge < -0.3 is 20.5 Å². The van der Waals surface area contributed by atoms with Gasteiger partial charge in [0.15, 0.2) is 0 Å². The Bertz CT molecular complexity index is 725. The quantitative estimate of drug-likeness (QED) is 0.651. The summed E-state index contributed by atoms with van der Waals surface area (Å²) in [6.07, 6.45) is 7.14. The van der Waals surface area contributed by atoms with E-state index in [0.717, 1.165) is 37.1 Å². The van der Waals surface area contributed by atoms with Crippen LogP contribution in [0.25, 0.3) is 0 Å². The molecule has 3 atom stereocenters. The van der Waals surface area contributed by atoms with Crippen LogP contribution in [0.3, 0.4) is 0 Å². The van der Waals surface area contributed by atoms with Crippen LogP contribution in [-0.2, 0) is 11.2 Å². The first-order valence-corrected chi connectivity index (χ1v) is 11.0. The van der Waals surface area contributed by atoms with Gasteiger partial charge in [-0.15, -0.1) is 0 Å². The summed E-state index contributed by atoms with van der Waals surface area (Å²) in [5, 5.41) is 17.0. The maximum Gasteiger partial charge on any atom is 0.218 e. The zero-order valence-corrected chi connectivity index (χ0v) is 18.5. The number of pyridine rings is 1. The Balaban J connectivity index is 1.76. The number of nitrogens with one attached hydrogen (secondary N) is 2. The molecule has 0 bridgehead atoms. The Kier molecular flexibility index (Phi) is 6.54. The van der Waals surface area contributed by atoms with E-state index in [1.807, 2.05) is 13.1 Å². The number of nitrogens with zero attached hydrogens (tertiary/aromatic N) is 1. The van der Waals surface area contributed by atoms with Gasteiger partial charge in [-0.05, 0) is 49.1 Å². The molecule has 6 nitrogen and oxygen atoms in total. The number of amides is 1. The molecular weight excluding hydrogens is 366 g/mol. The topological polar surface area (TPSA) is 83.5 Å². The highest BCUT2D eigenvalue weighted by molar-refractivity contribution is 5.73. The molecule has 2 heterocycles. The standard InChI is InChI=1S/C23H37N3O3/c1-6-18(26-15(2)27)20(28)14-24-19-12-23(8-7-9-23)29-21-17(19)10-16(13-25-21)11-22(3,4)5/h10,13,18-20,24,28H,6-9,11-12,14H2,1-5H3,(H,26,27)/t18-,19-,20-/m0/s1. The van der Waals surface area contributed by atoms with Gasteiger partial charge in [-0.25, -0.2) is 4.98 Å². The van der Waals surface area contributed by atoms with Crippen molar-refractivity contribution in [1.82, 2.24) is 15.6 Å². The molecule has 1 aromatic rings. The summed E-state index contributed by atoms with van der Waals surface area (Å²) in [5.74, 6) is 0.617. The Morgan fingerprint density at radius 2 is 2.14 bits per heavy atom. The number of carbonyl (C=O) groups excluding carboxylic acids is 1. The van der Waals surface area contributed by atoms with E-state index in [1.54, 1.807) is 0 Å². The normalized spacial score (nSPS) is 22.2. The molecule has 1 fully saturated rings. The molecule has 2 aliphatic rings. The van der Waals surface area contributed by atoms with Crippen molar-refractivity contribution in [2.45, 2.75) is 96.9 Å². The zero-order valence-electron chi connectivity index (χ0n) is 18.5. The van der Waals surface area contributed by atoms with Crippen LogP contribution in [0.5, 0.6) is 5.88 Å².